The molecule has 0 atom stereocenters. The van der Waals surface area contributed by atoms with Gasteiger partial charge in [0.25, 0.3) is 5.91 Å². The van der Waals surface area contributed by atoms with Gasteiger partial charge in [0.1, 0.15) is 5.00 Å². The summed E-state index contributed by atoms with van der Waals surface area (Å²) in [6, 6.07) is 5.85. The van der Waals surface area contributed by atoms with Crippen molar-refractivity contribution in [2.24, 2.45) is 0 Å². The number of nitrogens with one attached hydrogen (secondary N) is 1. The summed E-state index contributed by atoms with van der Waals surface area (Å²) >= 11 is 1.31. The lowest BCUT2D eigenvalue weighted by molar-refractivity contribution is 0.0527. The van der Waals surface area contributed by atoms with E-state index in [4.69, 9.17) is 4.74 Å². The first kappa shape index (κ1) is 25.0. The molecule has 7 nitrogen and oxygen atoms in total. The predicted octanol–water partition coefficient (Wildman–Crippen LogP) is 4.60. The van der Waals surface area contributed by atoms with E-state index in [9.17, 15) is 18.0 Å². The van der Waals surface area contributed by atoms with E-state index in [1.807, 2.05) is 27.7 Å². The fourth-order valence-corrected chi connectivity index (χ4v) is 5.79. The van der Waals surface area contributed by atoms with Crippen molar-refractivity contribution < 1.29 is 22.7 Å². The Labute approximate surface area is 188 Å². The van der Waals surface area contributed by atoms with Gasteiger partial charge in [-0.15, -0.1) is 11.3 Å². The van der Waals surface area contributed by atoms with E-state index in [0.717, 1.165) is 23.3 Å². The molecule has 9 heteroatoms. The molecule has 0 aliphatic carbocycles. The highest BCUT2D eigenvalue weighted by Gasteiger charge is 2.25. The molecular formula is C22H30N2O5S2. The van der Waals surface area contributed by atoms with Gasteiger partial charge in [-0.05, 0) is 63.4 Å². The van der Waals surface area contributed by atoms with Gasteiger partial charge in [-0.3, -0.25) is 4.79 Å². The first-order valence-electron chi connectivity index (χ1n) is 10.4. The zero-order chi connectivity index (χ0) is 23.2. The van der Waals surface area contributed by atoms with Crippen LogP contribution in [0.2, 0.25) is 0 Å². The summed E-state index contributed by atoms with van der Waals surface area (Å²) in [7, 11) is -3.61. The number of rotatable bonds is 10. The number of thiophene rings is 1. The molecule has 1 aromatic carbocycles. The zero-order valence-electron chi connectivity index (χ0n) is 18.6. The van der Waals surface area contributed by atoms with Crippen LogP contribution in [0.4, 0.5) is 5.00 Å². The van der Waals surface area contributed by atoms with E-state index in [0.29, 0.717) is 29.2 Å². The number of hydrogen-bond acceptors (Lipinski definition) is 6. The number of benzene rings is 1. The van der Waals surface area contributed by atoms with E-state index in [2.05, 4.69) is 5.32 Å². The number of aryl methyl sites for hydroxylation is 1. The first-order valence-corrected chi connectivity index (χ1v) is 12.6. The third-order valence-electron chi connectivity index (χ3n) is 4.79. The number of anilines is 1. The molecule has 1 heterocycles. The highest BCUT2D eigenvalue weighted by Crippen LogP contribution is 2.33. The molecule has 1 aromatic heterocycles. The van der Waals surface area contributed by atoms with Crippen molar-refractivity contribution in [1.29, 1.82) is 0 Å². The van der Waals surface area contributed by atoms with Crippen molar-refractivity contribution in [3.63, 3.8) is 0 Å². The fourth-order valence-electron chi connectivity index (χ4n) is 3.12. The van der Waals surface area contributed by atoms with Crippen LogP contribution >= 0.6 is 11.3 Å². The molecule has 170 valence electrons. The minimum Gasteiger partial charge on any atom is -0.462 e. The van der Waals surface area contributed by atoms with Crippen molar-refractivity contribution in [3.8, 4) is 0 Å². The average molecular weight is 467 g/mol. The molecule has 0 radical (unpaired) electrons. The normalized spacial score (nSPS) is 11.5. The van der Waals surface area contributed by atoms with Crippen LogP contribution in [0.5, 0.6) is 0 Å². The molecule has 0 unspecified atom stereocenters. The quantitative estimate of drug-likeness (QED) is 0.517. The molecule has 0 saturated heterocycles. The molecule has 1 amide bonds. The summed E-state index contributed by atoms with van der Waals surface area (Å²) < 4.78 is 32.3. The van der Waals surface area contributed by atoms with Crippen LogP contribution < -0.4 is 5.32 Å². The largest absolute Gasteiger partial charge is 0.462 e. The third kappa shape index (κ3) is 5.72. The van der Waals surface area contributed by atoms with Gasteiger partial charge < -0.3 is 10.1 Å². The number of esters is 1. The smallest absolute Gasteiger partial charge is 0.341 e. The van der Waals surface area contributed by atoms with Crippen molar-refractivity contribution in [2.75, 3.05) is 25.0 Å². The lowest BCUT2D eigenvalue weighted by Crippen LogP contribution is -2.32. The van der Waals surface area contributed by atoms with Gasteiger partial charge in [0, 0.05) is 23.5 Å². The standard InChI is InChI=1S/C22H30N2O5S2/c1-6-13-24(14-7-2)31(27,28)18-11-9-17(10-12-18)20(25)23-21-19(22(26)29-8-3)15(4)16(5)30-21/h9-12H,6-8,13-14H2,1-5H3,(H,23,25). The number of hydrogen-bond donors (Lipinski definition) is 1. The lowest BCUT2D eigenvalue weighted by Gasteiger charge is -2.21. The van der Waals surface area contributed by atoms with Gasteiger partial charge in [0.15, 0.2) is 0 Å². The van der Waals surface area contributed by atoms with Gasteiger partial charge in [0.05, 0.1) is 17.1 Å². The Kier molecular flexibility index (Phi) is 8.79. The maximum absolute atomic E-state index is 12.9. The lowest BCUT2D eigenvalue weighted by atomic mass is 10.1. The number of amides is 1. The van der Waals surface area contributed by atoms with Crippen LogP contribution in [-0.2, 0) is 14.8 Å². The number of carbonyl (C=O) groups excluding carboxylic acids is 2. The van der Waals surface area contributed by atoms with Crippen molar-refractivity contribution in [2.45, 2.75) is 52.4 Å². The van der Waals surface area contributed by atoms with Gasteiger partial charge in [-0.25, -0.2) is 13.2 Å². The first-order chi connectivity index (χ1) is 14.7. The summed E-state index contributed by atoms with van der Waals surface area (Å²) in [5, 5.41) is 3.19. The number of nitrogens with zero attached hydrogens (tertiary/aromatic N) is 1. The van der Waals surface area contributed by atoms with E-state index in [1.54, 1.807) is 6.92 Å². The van der Waals surface area contributed by atoms with Crippen LogP contribution in [0.1, 0.15) is 64.8 Å². The highest BCUT2D eigenvalue weighted by atomic mass is 32.2. The third-order valence-corrected chi connectivity index (χ3v) is 7.83. The Morgan fingerprint density at radius 3 is 2.13 bits per heavy atom. The number of sulfonamides is 1. The van der Waals surface area contributed by atoms with Gasteiger partial charge in [-0.2, -0.15) is 4.31 Å². The Bertz CT molecular complexity index is 1020. The van der Waals surface area contributed by atoms with Crippen molar-refractivity contribution >= 4 is 38.2 Å². The summed E-state index contributed by atoms with van der Waals surface area (Å²) in [4.78, 5) is 26.1. The molecule has 0 aliphatic rings. The molecule has 2 rings (SSSR count). The molecular weight excluding hydrogens is 436 g/mol. The Balaban J connectivity index is 2.26. The van der Waals surface area contributed by atoms with Crippen LogP contribution in [-0.4, -0.2) is 44.3 Å². The molecule has 0 fully saturated rings. The average Bonchev–Trinajstić information content (AvgIpc) is 3.01. The summed E-state index contributed by atoms with van der Waals surface area (Å²) in [6.07, 6.45) is 1.45. The summed E-state index contributed by atoms with van der Waals surface area (Å²) in [5.41, 5.74) is 1.42. The molecule has 0 bridgehead atoms. The van der Waals surface area contributed by atoms with Crippen molar-refractivity contribution in [1.82, 2.24) is 4.31 Å². The minimum atomic E-state index is -3.61. The second kappa shape index (κ2) is 10.9. The van der Waals surface area contributed by atoms with E-state index in [-0.39, 0.29) is 11.5 Å². The second-order valence-electron chi connectivity index (χ2n) is 7.09. The van der Waals surface area contributed by atoms with E-state index in [1.165, 1.54) is 39.9 Å². The molecule has 1 N–H and O–H groups in total. The molecule has 2 aromatic rings. The zero-order valence-corrected chi connectivity index (χ0v) is 20.3. The Hall–Kier alpha value is -2.23. The maximum Gasteiger partial charge on any atom is 0.341 e. The highest BCUT2D eigenvalue weighted by molar-refractivity contribution is 7.89. The van der Waals surface area contributed by atoms with Crippen LogP contribution in [0.25, 0.3) is 0 Å². The summed E-state index contributed by atoms with van der Waals surface area (Å²) in [5.74, 6) is -0.900. The summed E-state index contributed by atoms with van der Waals surface area (Å²) in [6.45, 7) is 10.4. The molecule has 0 saturated carbocycles. The fraction of sp³-hybridized carbons (Fsp3) is 0.455. The molecule has 0 aliphatic heterocycles. The van der Waals surface area contributed by atoms with Gasteiger partial charge in [0.2, 0.25) is 10.0 Å². The van der Waals surface area contributed by atoms with Gasteiger partial charge in [-0.1, -0.05) is 13.8 Å². The Morgan fingerprint density at radius 1 is 1.03 bits per heavy atom. The van der Waals surface area contributed by atoms with E-state index >= 15 is 0 Å². The SMILES string of the molecule is CCCN(CCC)S(=O)(=O)c1ccc(C(=O)Nc2sc(C)c(C)c2C(=O)OCC)cc1. The number of carbonyl (C=O) groups is 2. The predicted molar refractivity (Wildman–Crippen MR) is 123 cm³/mol. The van der Waals surface area contributed by atoms with Crippen LogP contribution in [0, 0.1) is 13.8 Å². The van der Waals surface area contributed by atoms with Gasteiger partial charge >= 0.3 is 5.97 Å². The van der Waals surface area contributed by atoms with Crippen LogP contribution in [0.15, 0.2) is 29.2 Å². The molecule has 0 spiro atoms. The minimum absolute atomic E-state index is 0.154. The maximum atomic E-state index is 12.9. The van der Waals surface area contributed by atoms with Crippen LogP contribution in [0.3, 0.4) is 0 Å². The van der Waals surface area contributed by atoms with Crippen molar-refractivity contribution in [3.05, 3.63) is 45.8 Å². The molecule has 31 heavy (non-hydrogen) atoms. The topological polar surface area (TPSA) is 92.8 Å². The Morgan fingerprint density at radius 2 is 1.61 bits per heavy atom. The monoisotopic (exact) mass is 466 g/mol. The number of ether oxygens (including phenoxy) is 1. The van der Waals surface area contributed by atoms with E-state index < -0.39 is 21.9 Å². The second-order valence-corrected chi connectivity index (χ2v) is 10.3.